The van der Waals surface area contributed by atoms with E-state index in [4.69, 9.17) is 11.6 Å². The second-order valence-corrected chi connectivity index (χ2v) is 4.48. The molecule has 0 aliphatic carbocycles. The molecule has 72 valence electrons. The molecule has 0 radical (unpaired) electrons. The third-order valence-electron chi connectivity index (χ3n) is 3.09. The molecule has 0 N–H and O–H groups in total. The smallest absolute Gasteiger partial charge is 0.0379 e. The third kappa shape index (κ3) is 2.14. The first kappa shape index (κ1) is 10.3. The van der Waals surface area contributed by atoms with Crippen LogP contribution in [-0.4, -0.2) is 29.4 Å². The van der Waals surface area contributed by atoms with Crippen LogP contribution in [0.15, 0.2) is 0 Å². The van der Waals surface area contributed by atoms with Crippen molar-refractivity contribution in [1.82, 2.24) is 4.90 Å². The van der Waals surface area contributed by atoms with E-state index < -0.39 is 0 Å². The molecule has 1 aliphatic rings. The third-order valence-corrected chi connectivity index (χ3v) is 3.44. The summed E-state index contributed by atoms with van der Waals surface area (Å²) in [6.45, 7) is 8.13. The average Bonchev–Trinajstić information content (AvgIpc) is 2.49. The van der Waals surface area contributed by atoms with E-state index in [1.165, 1.54) is 19.4 Å². The Kier molecular flexibility index (Phi) is 3.85. The van der Waals surface area contributed by atoms with E-state index in [1.807, 2.05) is 0 Å². The van der Waals surface area contributed by atoms with Gasteiger partial charge in [-0.25, -0.2) is 0 Å². The molecule has 0 aromatic carbocycles. The van der Waals surface area contributed by atoms with Gasteiger partial charge in [0, 0.05) is 18.0 Å². The van der Waals surface area contributed by atoms with Gasteiger partial charge in [0.05, 0.1) is 0 Å². The monoisotopic (exact) mass is 189 g/mol. The summed E-state index contributed by atoms with van der Waals surface area (Å²) in [6.07, 6.45) is 2.62. The second-order valence-electron chi connectivity index (χ2n) is 4.17. The molecule has 1 saturated heterocycles. The molecule has 0 saturated carbocycles. The van der Waals surface area contributed by atoms with Crippen molar-refractivity contribution in [1.29, 1.82) is 0 Å². The number of nitrogens with zero attached hydrogens (tertiary/aromatic N) is 1. The Labute approximate surface area is 81.1 Å². The maximum absolute atomic E-state index is 5.91. The standard InChI is InChI=1S/C10H20ClN/c1-8(2)9(3)12-6-4-5-10(12)7-11/h8-10H,4-7H2,1-3H3/t9?,10-/m0/s1. The normalized spacial score (nSPS) is 28.2. The van der Waals surface area contributed by atoms with Gasteiger partial charge in [-0.1, -0.05) is 13.8 Å². The number of halogens is 1. The topological polar surface area (TPSA) is 3.24 Å². The molecule has 1 unspecified atom stereocenters. The Morgan fingerprint density at radius 3 is 2.58 bits per heavy atom. The molecular weight excluding hydrogens is 170 g/mol. The number of hydrogen-bond acceptors (Lipinski definition) is 1. The Morgan fingerprint density at radius 1 is 1.42 bits per heavy atom. The van der Waals surface area contributed by atoms with Crippen LogP contribution < -0.4 is 0 Å². The molecule has 1 fully saturated rings. The summed E-state index contributed by atoms with van der Waals surface area (Å²) >= 11 is 5.91. The van der Waals surface area contributed by atoms with Gasteiger partial charge in [-0.15, -0.1) is 11.6 Å². The van der Waals surface area contributed by atoms with Crippen LogP contribution >= 0.6 is 11.6 Å². The summed E-state index contributed by atoms with van der Waals surface area (Å²) in [7, 11) is 0. The van der Waals surface area contributed by atoms with Gasteiger partial charge in [0.15, 0.2) is 0 Å². The molecule has 1 aliphatic heterocycles. The zero-order valence-corrected chi connectivity index (χ0v) is 9.14. The minimum Gasteiger partial charge on any atom is -0.296 e. The number of rotatable bonds is 3. The molecule has 0 amide bonds. The molecule has 12 heavy (non-hydrogen) atoms. The zero-order valence-electron chi connectivity index (χ0n) is 8.39. The molecule has 2 heteroatoms. The summed E-state index contributed by atoms with van der Waals surface area (Å²) in [4.78, 5) is 2.57. The van der Waals surface area contributed by atoms with Crippen molar-refractivity contribution in [2.24, 2.45) is 5.92 Å². The summed E-state index contributed by atoms with van der Waals surface area (Å²) in [5, 5.41) is 0. The van der Waals surface area contributed by atoms with Crippen molar-refractivity contribution in [3.05, 3.63) is 0 Å². The van der Waals surface area contributed by atoms with Crippen molar-refractivity contribution in [3.63, 3.8) is 0 Å². The Balaban J connectivity index is 2.49. The first-order valence-corrected chi connectivity index (χ1v) is 5.52. The highest BCUT2D eigenvalue weighted by atomic mass is 35.5. The van der Waals surface area contributed by atoms with E-state index in [2.05, 4.69) is 25.7 Å². The van der Waals surface area contributed by atoms with Gasteiger partial charge in [0.2, 0.25) is 0 Å². The van der Waals surface area contributed by atoms with Crippen LogP contribution in [0.4, 0.5) is 0 Å². The SMILES string of the molecule is CC(C)C(C)N1CCC[C@H]1CCl. The van der Waals surface area contributed by atoms with Crippen molar-refractivity contribution >= 4 is 11.6 Å². The van der Waals surface area contributed by atoms with E-state index in [1.54, 1.807) is 0 Å². The predicted octanol–water partition coefficient (Wildman–Crippen LogP) is 2.73. The van der Waals surface area contributed by atoms with E-state index in [-0.39, 0.29) is 0 Å². The first-order valence-electron chi connectivity index (χ1n) is 4.98. The van der Waals surface area contributed by atoms with Gasteiger partial charge in [0.25, 0.3) is 0 Å². The Hall–Kier alpha value is 0.250. The van der Waals surface area contributed by atoms with Crippen LogP contribution in [0.1, 0.15) is 33.6 Å². The van der Waals surface area contributed by atoms with Gasteiger partial charge in [0.1, 0.15) is 0 Å². The Bertz CT molecular complexity index is 136. The molecule has 0 spiro atoms. The minimum atomic E-state index is 0.643. The largest absolute Gasteiger partial charge is 0.296 e. The fraction of sp³-hybridized carbons (Fsp3) is 1.00. The van der Waals surface area contributed by atoms with Crippen LogP contribution in [0, 0.1) is 5.92 Å². The second kappa shape index (κ2) is 4.48. The quantitative estimate of drug-likeness (QED) is 0.618. The van der Waals surface area contributed by atoms with Gasteiger partial charge in [-0.05, 0) is 32.2 Å². The molecule has 1 nitrogen and oxygen atoms in total. The van der Waals surface area contributed by atoms with E-state index >= 15 is 0 Å². The molecule has 0 aromatic rings. The van der Waals surface area contributed by atoms with Crippen LogP contribution in [0.25, 0.3) is 0 Å². The number of alkyl halides is 1. The highest BCUT2D eigenvalue weighted by Crippen LogP contribution is 2.23. The minimum absolute atomic E-state index is 0.643. The summed E-state index contributed by atoms with van der Waals surface area (Å²) in [6, 6.07) is 1.33. The molecule has 1 rings (SSSR count). The van der Waals surface area contributed by atoms with Gasteiger partial charge >= 0.3 is 0 Å². The van der Waals surface area contributed by atoms with Gasteiger partial charge in [-0.2, -0.15) is 0 Å². The van der Waals surface area contributed by atoms with Crippen LogP contribution in [-0.2, 0) is 0 Å². The van der Waals surface area contributed by atoms with Crippen LogP contribution in [0.3, 0.4) is 0 Å². The van der Waals surface area contributed by atoms with Crippen LogP contribution in [0.5, 0.6) is 0 Å². The van der Waals surface area contributed by atoms with Gasteiger partial charge in [-0.3, -0.25) is 4.90 Å². The Morgan fingerprint density at radius 2 is 2.08 bits per heavy atom. The lowest BCUT2D eigenvalue weighted by molar-refractivity contribution is 0.164. The predicted molar refractivity (Wildman–Crippen MR) is 54.7 cm³/mol. The van der Waals surface area contributed by atoms with E-state index in [0.29, 0.717) is 12.1 Å². The first-order chi connectivity index (χ1) is 5.66. The average molecular weight is 190 g/mol. The molecule has 2 atom stereocenters. The molecule has 0 bridgehead atoms. The molecule has 0 aromatic heterocycles. The van der Waals surface area contributed by atoms with Gasteiger partial charge < -0.3 is 0 Å². The van der Waals surface area contributed by atoms with Crippen LogP contribution in [0.2, 0.25) is 0 Å². The maximum atomic E-state index is 5.91. The van der Waals surface area contributed by atoms with Crippen molar-refractivity contribution < 1.29 is 0 Å². The molecule has 1 heterocycles. The lowest BCUT2D eigenvalue weighted by Gasteiger charge is -2.32. The van der Waals surface area contributed by atoms with E-state index in [0.717, 1.165) is 11.8 Å². The van der Waals surface area contributed by atoms with Crippen molar-refractivity contribution in [2.75, 3.05) is 12.4 Å². The summed E-state index contributed by atoms with van der Waals surface area (Å²) in [5.74, 6) is 1.55. The summed E-state index contributed by atoms with van der Waals surface area (Å²) in [5.41, 5.74) is 0. The highest BCUT2D eigenvalue weighted by Gasteiger charge is 2.28. The lowest BCUT2D eigenvalue weighted by Crippen LogP contribution is -2.41. The van der Waals surface area contributed by atoms with Crippen molar-refractivity contribution in [2.45, 2.75) is 45.7 Å². The highest BCUT2D eigenvalue weighted by molar-refractivity contribution is 6.18. The number of hydrogen-bond donors (Lipinski definition) is 0. The maximum Gasteiger partial charge on any atom is 0.0379 e. The fourth-order valence-electron chi connectivity index (χ4n) is 1.94. The fourth-order valence-corrected chi connectivity index (χ4v) is 2.27. The zero-order chi connectivity index (χ0) is 9.14. The number of likely N-dealkylation sites (tertiary alicyclic amines) is 1. The molecular formula is C10H20ClN. The lowest BCUT2D eigenvalue weighted by atomic mass is 10.0. The van der Waals surface area contributed by atoms with Crippen molar-refractivity contribution in [3.8, 4) is 0 Å². The van der Waals surface area contributed by atoms with E-state index in [9.17, 15) is 0 Å². The summed E-state index contributed by atoms with van der Waals surface area (Å²) < 4.78 is 0.